The van der Waals surface area contributed by atoms with E-state index in [2.05, 4.69) is 5.32 Å². The highest BCUT2D eigenvalue weighted by atomic mass is 19.1. The zero-order valence-corrected chi connectivity index (χ0v) is 9.77. The third-order valence-corrected chi connectivity index (χ3v) is 2.67. The summed E-state index contributed by atoms with van der Waals surface area (Å²) in [6.07, 6.45) is 0. The van der Waals surface area contributed by atoms with Gasteiger partial charge in [-0.2, -0.15) is 0 Å². The molecule has 0 saturated heterocycles. The quantitative estimate of drug-likeness (QED) is 0.854. The molecule has 2 aromatic rings. The average Bonchev–Trinajstić information content (AvgIpc) is 2.35. The van der Waals surface area contributed by atoms with Crippen molar-refractivity contribution in [1.82, 2.24) is 0 Å². The second-order valence-corrected chi connectivity index (χ2v) is 3.88. The highest BCUT2D eigenvalue weighted by molar-refractivity contribution is 6.04. The number of aromatic hydroxyl groups is 1. The van der Waals surface area contributed by atoms with Crippen LogP contribution in [0.4, 0.5) is 10.1 Å². The summed E-state index contributed by atoms with van der Waals surface area (Å²) >= 11 is 0. The molecule has 0 unspecified atom stereocenters. The first-order chi connectivity index (χ1) is 8.59. The molecule has 0 spiro atoms. The molecule has 0 bridgehead atoms. The van der Waals surface area contributed by atoms with Gasteiger partial charge in [0.05, 0.1) is 5.56 Å². The van der Waals surface area contributed by atoms with E-state index in [4.69, 9.17) is 0 Å². The number of rotatable bonds is 2. The number of hydrogen-bond donors (Lipinski definition) is 2. The Bertz CT molecular complexity index is 596. The van der Waals surface area contributed by atoms with Crippen LogP contribution in [0.3, 0.4) is 0 Å². The van der Waals surface area contributed by atoms with E-state index in [1.165, 1.54) is 24.3 Å². The monoisotopic (exact) mass is 245 g/mol. The molecule has 92 valence electrons. The van der Waals surface area contributed by atoms with Gasteiger partial charge in [0.2, 0.25) is 0 Å². The molecule has 2 aromatic carbocycles. The Hall–Kier alpha value is -2.36. The van der Waals surface area contributed by atoms with Crippen molar-refractivity contribution in [3.8, 4) is 5.75 Å². The van der Waals surface area contributed by atoms with Crippen molar-refractivity contribution in [2.75, 3.05) is 5.32 Å². The molecule has 2 N–H and O–H groups in total. The van der Waals surface area contributed by atoms with E-state index < -0.39 is 11.7 Å². The van der Waals surface area contributed by atoms with Gasteiger partial charge in [0.15, 0.2) is 0 Å². The largest absolute Gasteiger partial charge is 0.508 e. The molecule has 1 amide bonds. The normalized spacial score (nSPS) is 10.1. The van der Waals surface area contributed by atoms with Gasteiger partial charge in [-0.05, 0) is 31.2 Å². The Labute approximate surface area is 104 Å². The van der Waals surface area contributed by atoms with E-state index >= 15 is 0 Å². The smallest absolute Gasteiger partial charge is 0.258 e. The van der Waals surface area contributed by atoms with Gasteiger partial charge in [-0.15, -0.1) is 0 Å². The van der Waals surface area contributed by atoms with Crippen LogP contribution in [0.5, 0.6) is 5.75 Å². The summed E-state index contributed by atoms with van der Waals surface area (Å²) in [7, 11) is 0. The molecule has 0 aromatic heterocycles. The van der Waals surface area contributed by atoms with Crippen molar-refractivity contribution in [2.45, 2.75) is 6.92 Å². The molecule has 0 fully saturated rings. The zero-order valence-electron chi connectivity index (χ0n) is 9.77. The fraction of sp³-hybridized carbons (Fsp3) is 0.0714. The molecule has 0 aliphatic carbocycles. The number of benzene rings is 2. The molecule has 0 radical (unpaired) electrons. The van der Waals surface area contributed by atoms with Gasteiger partial charge in [-0.1, -0.05) is 18.2 Å². The van der Waals surface area contributed by atoms with Crippen LogP contribution in [-0.2, 0) is 0 Å². The van der Waals surface area contributed by atoms with Crippen LogP contribution in [0.25, 0.3) is 0 Å². The molecule has 0 aliphatic rings. The Morgan fingerprint density at radius 3 is 2.61 bits per heavy atom. The predicted octanol–water partition coefficient (Wildman–Crippen LogP) is 3.09. The number of phenols is 1. The maximum absolute atomic E-state index is 13.4. The summed E-state index contributed by atoms with van der Waals surface area (Å²) in [6, 6.07) is 10.5. The van der Waals surface area contributed by atoms with Crippen molar-refractivity contribution >= 4 is 11.6 Å². The van der Waals surface area contributed by atoms with E-state index in [1.807, 2.05) is 0 Å². The first kappa shape index (κ1) is 12.1. The second kappa shape index (κ2) is 4.87. The summed E-state index contributed by atoms with van der Waals surface area (Å²) in [4.78, 5) is 11.9. The number of carbonyl (C=O) groups excluding carboxylic acids is 1. The number of amides is 1. The molecule has 3 nitrogen and oxygen atoms in total. The van der Waals surface area contributed by atoms with E-state index in [0.29, 0.717) is 11.3 Å². The number of nitrogens with one attached hydrogen (secondary N) is 1. The first-order valence-electron chi connectivity index (χ1n) is 5.44. The number of carbonyl (C=O) groups is 1. The minimum Gasteiger partial charge on any atom is -0.508 e. The highest BCUT2D eigenvalue weighted by Crippen LogP contribution is 2.24. The number of halogens is 1. The van der Waals surface area contributed by atoms with Gasteiger partial charge in [0.1, 0.15) is 11.6 Å². The molecule has 4 heteroatoms. The Morgan fingerprint density at radius 2 is 1.89 bits per heavy atom. The Kier molecular flexibility index (Phi) is 3.28. The van der Waals surface area contributed by atoms with Crippen LogP contribution >= 0.6 is 0 Å². The Balaban J connectivity index is 2.27. The van der Waals surface area contributed by atoms with E-state index in [9.17, 15) is 14.3 Å². The molecule has 2 rings (SSSR count). The van der Waals surface area contributed by atoms with E-state index in [-0.39, 0.29) is 11.3 Å². The summed E-state index contributed by atoms with van der Waals surface area (Å²) in [5.74, 6) is -1.03. The van der Waals surface area contributed by atoms with Crippen molar-refractivity contribution in [2.24, 2.45) is 0 Å². The lowest BCUT2D eigenvalue weighted by Crippen LogP contribution is -2.14. The maximum Gasteiger partial charge on any atom is 0.258 e. The molecule has 0 atom stereocenters. The minimum absolute atomic E-state index is 0.0276. The standard InChI is InChI=1S/C14H12FNO2/c1-9-12(7-4-8-13(9)17)16-14(18)10-5-2-3-6-11(10)15/h2-8,17H,1H3,(H,16,18). The second-order valence-electron chi connectivity index (χ2n) is 3.88. The lowest BCUT2D eigenvalue weighted by molar-refractivity contribution is 0.102. The van der Waals surface area contributed by atoms with Crippen molar-refractivity contribution < 1.29 is 14.3 Å². The third kappa shape index (κ3) is 2.32. The molecular formula is C14H12FNO2. The van der Waals surface area contributed by atoms with Crippen LogP contribution in [-0.4, -0.2) is 11.0 Å². The predicted molar refractivity (Wildman–Crippen MR) is 67.2 cm³/mol. The van der Waals surface area contributed by atoms with Gasteiger partial charge < -0.3 is 10.4 Å². The lowest BCUT2D eigenvalue weighted by atomic mass is 10.1. The fourth-order valence-corrected chi connectivity index (χ4v) is 1.59. The molecular weight excluding hydrogens is 233 g/mol. The highest BCUT2D eigenvalue weighted by Gasteiger charge is 2.12. The van der Waals surface area contributed by atoms with Crippen LogP contribution in [0.15, 0.2) is 42.5 Å². The van der Waals surface area contributed by atoms with Crippen molar-refractivity contribution in [1.29, 1.82) is 0 Å². The lowest BCUT2D eigenvalue weighted by Gasteiger charge is -2.09. The SMILES string of the molecule is Cc1c(O)cccc1NC(=O)c1ccccc1F. The number of phenolic OH excluding ortho intramolecular Hbond substituents is 1. The number of hydrogen-bond acceptors (Lipinski definition) is 2. The average molecular weight is 245 g/mol. The number of anilines is 1. The van der Waals surface area contributed by atoms with Gasteiger partial charge in [-0.25, -0.2) is 4.39 Å². The fourth-order valence-electron chi connectivity index (χ4n) is 1.59. The summed E-state index contributed by atoms with van der Waals surface area (Å²) in [6.45, 7) is 1.67. The van der Waals surface area contributed by atoms with Crippen LogP contribution < -0.4 is 5.32 Å². The zero-order chi connectivity index (χ0) is 13.1. The van der Waals surface area contributed by atoms with E-state index in [0.717, 1.165) is 0 Å². The van der Waals surface area contributed by atoms with Gasteiger partial charge in [-0.3, -0.25) is 4.79 Å². The summed E-state index contributed by atoms with van der Waals surface area (Å²) in [5, 5.41) is 12.1. The molecule has 0 aliphatic heterocycles. The van der Waals surface area contributed by atoms with Gasteiger partial charge in [0.25, 0.3) is 5.91 Å². The molecule has 18 heavy (non-hydrogen) atoms. The maximum atomic E-state index is 13.4. The molecule has 0 heterocycles. The Morgan fingerprint density at radius 1 is 1.17 bits per heavy atom. The first-order valence-corrected chi connectivity index (χ1v) is 5.44. The van der Waals surface area contributed by atoms with E-state index in [1.54, 1.807) is 25.1 Å². The van der Waals surface area contributed by atoms with Gasteiger partial charge in [0, 0.05) is 11.3 Å². The van der Waals surface area contributed by atoms with Crippen LogP contribution in [0.1, 0.15) is 15.9 Å². The minimum atomic E-state index is -0.576. The van der Waals surface area contributed by atoms with Crippen LogP contribution in [0, 0.1) is 12.7 Å². The van der Waals surface area contributed by atoms with Gasteiger partial charge >= 0.3 is 0 Å². The third-order valence-electron chi connectivity index (χ3n) is 2.67. The molecule has 0 saturated carbocycles. The topological polar surface area (TPSA) is 49.3 Å². The van der Waals surface area contributed by atoms with Crippen molar-refractivity contribution in [3.05, 3.63) is 59.4 Å². The summed E-state index contributed by atoms with van der Waals surface area (Å²) in [5.41, 5.74) is 0.977. The van der Waals surface area contributed by atoms with Crippen LogP contribution in [0.2, 0.25) is 0 Å². The van der Waals surface area contributed by atoms with Crippen molar-refractivity contribution in [3.63, 3.8) is 0 Å². The summed E-state index contributed by atoms with van der Waals surface area (Å²) < 4.78 is 13.4.